The van der Waals surface area contributed by atoms with E-state index in [-0.39, 0.29) is 24.4 Å². The van der Waals surface area contributed by atoms with Crippen LogP contribution in [0.4, 0.5) is 0 Å². The van der Waals surface area contributed by atoms with Gasteiger partial charge in [0.15, 0.2) is 0 Å². The van der Waals surface area contributed by atoms with Crippen LogP contribution in [-0.2, 0) is 9.59 Å². The van der Waals surface area contributed by atoms with Crippen LogP contribution < -0.4 is 0 Å². The van der Waals surface area contributed by atoms with Crippen LogP contribution in [0.25, 0.3) is 0 Å². The number of amides is 1. The summed E-state index contributed by atoms with van der Waals surface area (Å²) in [5, 5.41) is 8.88. The largest absolute Gasteiger partial charge is 0.481 e. The van der Waals surface area contributed by atoms with Crippen LogP contribution in [0.1, 0.15) is 52.5 Å². The van der Waals surface area contributed by atoms with E-state index in [1.165, 1.54) is 0 Å². The van der Waals surface area contributed by atoms with Crippen molar-refractivity contribution in [1.29, 1.82) is 0 Å². The Morgan fingerprint density at radius 3 is 2.52 bits per heavy atom. The molecule has 1 aromatic rings. The van der Waals surface area contributed by atoms with Crippen LogP contribution >= 0.6 is 0 Å². The van der Waals surface area contributed by atoms with Gasteiger partial charge in [0.25, 0.3) is 0 Å². The van der Waals surface area contributed by atoms with E-state index < -0.39 is 5.97 Å². The topological polar surface area (TPSA) is 75.4 Å². The summed E-state index contributed by atoms with van der Waals surface area (Å²) in [6.45, 7) is 6.26. The molecule has 0 aliphatic heterocycles. The van der Waals surface area contributed by atoms with Crippen LogP contribution in [0.3, 0.4) is 0 Å². The molecule has 0 spiro atoms. The smallest absolute Gasteiger partial charge is 0.305 e. The predicted molar refractivity (Wildman–Crippen MR) is 79.9 cm³/mol. The van der Waals surface area contributed by atoms with E-state index in [0.717, 1.165) is 12.8 Å². The normalized spacial score (nSPS) is 13.7. The lowest BCUT2D eigenvalue weighted by atomic mass is 10.1. The van der Waals surface area contributed by atoms with Gasteiger partial charge in [-0.05, 0) is 20.3 Å². The van der Waals surface area contributed by atoms with Crippen molar-refractivity contribution < 1.29 is 14.7 Å². The molecule has 1 rings (SSSR count). The molecular weight excluding hydrogens is 270 g/mol. The third kappa shape index (κ3) is 5.21. The van der Waals surface area contributed by atoms with Crippen molar-refractivity contribution in [2.45, 2.75) is 58.5 Å². The molecule has 1 amide bonds. The van der Waals surface area contributed by atoms with E-state index in [4.69, 9.17) is 5.11 Å². The molecule has 6 heteroatoms. The van der Waals surface area contributed by atoms with Crippen LogP contribution in [0.2, 0.25) is 0 Å². The molecule has 0 aromatic carbocycles. The Bertz CT molecular complexity index is 445. The first kappa shape index (κ1) is 17.2. The van der Waals surface area contributed by atoms with Crippen molar-refractivity contribution in [2.24, 2.45) is 0 Å². The summed E-state index contributed by atoms with van der Waals surface area (Å²) in [5.74, 6) is -0.883. The molecule has 6 nitrogen and oxygen atoms in total. The fourth-order valence-electron chi connectivity index (χ4n) is 2.59. The zero-order valence-corrected chi connectivity index (χ0v) is 13.0. The number of carboxylic acid groups (broad SMARTS) is 1. The average molecular weight is 295 g/mol. The van der Waals surface area contributed by atoms with E-state index in [1.54, 1.807) is 24.3 Å². The van der Waals surface area contributed by atoms with Crippen LogP contribution in [0.5, 0.6) is 0 Å². The van der Waals surface area contributed by atoms with Crippen molar-refractivity contribution in [1.82, 2.24) is 14.5 Å². The number of carbonyl (C=O) groups is 2. The summed E-state index contributed by atoms with van der Waals surface area (Å²) in [7, 11) is 0. The molecule has 1 heterocycles. The molecule has 2 atom stereocenters. The summed E-state index contributed by atoms with van der Waals surface area (Å²) < 4.78 is 1.96. The lowest BCUT2D eigenvalue weighted by Crippen LogP contribution is -2.40. The third-order valence-corrected chi connectivity index (χ3v) is 3.64. The minimum absolute atomic E-state index is 0.00148. The highest BCUT2D eigenvalue weighted by molar-refractivity contribution is 5.78. The van der Waals surface area contributed by atoms with Gasteiger partial charge in [0.2, 0.25) is 5.91 Å². The van der Waals surface area contributed by atoms with Gasteiger partial charge >= 0.3 is 5.97 Å². The maximum absolute atomic E-state index is 12.5. The lowest BCUT2D eigenvalue weighted by Gasteiger charge is -2.29. The molecule has 0 saturated heterocycles. The summed E-state index contributed by atoms with van der Waals surface area (Å²) in [5.41, 5.74) is 0. The van der Waals surface area contributed by atoms with Gasteiger partial charge in [0.1, 0.15) is 0 Å². The Morgan fingerprint density at radius 2 is 2.05 bits per heavy atom. The fourth-order valence-corrected chi connectivity index (χ4v) is 2.59. The average Bonchev–Trinajstić information content (AvgIpc) is 2.91. The Balaban J connectivity index is 2.72. The quantitative estimate of drug-likeness (QED) is 0.758. The number of imidazole rings is 1. The SMILES string of the molecule is CCCC(CC(=O)N(CC)C(C)CC(=O)O)n1ccnc1. The van der Waals surface area contributed by atoms with Crippen LogP contribution in [0, 0.1) is 0 Å². The maximum atomic E-state index is 12.5. The van der Waals surface area contributed by atoms with Gasteiger partial charge in [-0.3, -0.25) is 9.59 Å². The Morgan fingerprint density at radius 1 is 1.33 bits per heavy atom. The fraction of sp³-hybridized carbons (Fsp3) is 0.667. The molecule has 0 bridgehead atoms. The number of rotatable bonds is 9. The molecule has 21 heavy (non-hydrogen) atoms. The van der Waals surface area contributed by atoms with Gasteiger partial charge < -0.3 is 14.6 Å². The summed E-state index contributed by atoms with van der Waals surface area (Å²) >= 11 is 0. The number of carboxylic acids is 1. The second-order valence-electron chi connectivity index (χ2n) is 5.28. The maximum Gasteiger partial charge on any atom is 0.305 e. The van der Waals surface area contributed by atoms with Crippen LogP contribution in [0.15, 0.2) is 18.7 Å². The summed E-state index contributed by atoms with van der Waals surface area (Å²) in [4.78, 5) is 29.0. The second kappa shape index (κ2) is 8.44. The highest BCUT2D eigenvalue weighted by atomic mass is 16.4. The van der Waals surface area contributed by atoms with E-state index in [0.29, 0.717) is 13.0 Å². The summed E-state index contributed by atoms with van der Waals surface area (Å²) in [6, 6.07) is -0.207. The molecule has 0 saturated carbocycles. The van der Waals surface area contributed by atoms with Crippen molar-refractivity contribution in [3.05, 3.63) is 18.7 Å². The Labute approximate surface area is 125 Å². The van der Waals surface area contributed by atoms with E-state index in [2.05, 4.69) is 11.9 Å². The Hall–Kier alpha value is -1.85. The van der Waals surface area contributed by atoms with Crippen molar-refractivity contribution in [2.75, 3.05) is 6.54 Å². The first-order valence-electron chi connectivity index (χ1n) is 7.48. The van der Waals surface area contributed by atoms with Crippen molar-refractivity contribution in [3.63, 3.8) is 0 Å². The first-order chi connectivity index (χ1) is 9.99. The second-order valence-corrected chi connectivity index (χ2v) is 5.28. The number of aliphatic carboxylic acids is 1. The summed E-state index contributed by atoms with van der Waals surface area (Å²) in [6.07, 6.45) is 7.53. The minimum atomic E-state index is -0.881. The molecule has 0 aliphatic carbocycles. The van der Waals surface area contributed by atoms with Gasteiger partial charge in [0.05, 0.1) is 12.7 Å². The van der Waals surface area contributed by atoms with E-state index >= 15 is 0 Å². The lowest BCUT2D eigenvalue weighted by molar-refractivity contribution is -0.140. The molecule has 118 valence electrons. The van der Waals surface area contributed by atoms with Crippen molar-refractivity contribution >= 4 is 11.9 Å². The van der Waals surface area contributed by atoms with Gasteiger partial charge in [-0.1, -0.05) is 13.3 Å². The molecule has 1 aromatic heterocycles. The number of carbonyl (C=O) groups excluding carboxylic acids is 1. The number of nitrogens with zero attached hydrogens (tertiary/aromatic N) is 3. The molecule has 0 fully saturated rings. The molecular formula is C15H25N3O3. The van der Waals surface area contributed by atoms with Gasteiger partial charge in [-0.15, -0.1) is 0 Å². The van der Waals surface area contributed by atoms with Crippen molar-refractivity contribution in [3.8, 4) is 0 Å². The van der Waals surface area contributed by atoms with E-state index in [1.807, 2.05) is 17.7 Å². The minimum Gasteiger partial charge on any atom is -0.481 e. The highest BCUT2D eigenvalue weighted by Crippen LogP contribution is 2.20. The number of aromatic nitrogens is 2. The monoisotopic (exact) mass is 295 g/mol. The first-order valence-corrected chi connectivity index (χ1v) is 7.48. The predicted octanol–water partition coefficient (Wildman–Crippen LogP) is 2.33. The molecule has 0 aliphatic rings. The standard InChI is InChI=1S/C15H25N3O3/c1-4-6-13(17-8-7-16-11-17)10-14(19)18(5-2)12(3)9-15(20)21/h7-8,11-13H,4-6,9-10H2,1-3H3,(H,20,21). The third-order valence-electron chi connectivity index (χ3n) is 3.64. The number of hydrogen-bond donors (Lipinski definition) is 1. The molecule has 2 unspecified atom stereocenters. The van der Waals surface area contributed by atoms with Gasteiger partial charge in [-0.2, -0.15) is 0 Å². The molecule has 1 N–H and O–H groups in total. The zero-order chi connectivity index (χ0) is 15.8. The van der Waals surface area contributed by atoms with Gasteiger partial charge in [0, 0.05) is 37.4 Å². The van der Waals surface area contributed by atoms with E-state index in [9.17, 15) is 9.59 Å². The Kier molecular flexibility index (Phi) is 6.91. The number of hydrogen-bond acceptors (Lipinski definition) is 3. The molecule has 0 radical (unpaired) electrons. The highest BCUT2D eigenvalue weighted by Gasteiger charge is 2.23. The van der Waals surface area contributed by atoms with Crippen LogP contribution in [-0.4, -0.2) is 44.0 Å². The zero-order valence-electron chi connectivity index (χ0n) is 13.0. The van der Waals surface area contributed by atoms with Gasteiger partial charge in [-0.25, -0.2) is 4.98 Å².